The number of allylic oxidation sites excluding steroid dienone is 2. The van der Waals surface area contributed by atoms with Gasteiger partial charge in [-0.15, -0.1) is 0 Å². The molecule has 0 aliphatic heterocycles. The fourth-order valence-electron chi connectivity index (χ4n) is 1.07. The lowest BCUT2D eigenvalue weighted by molar-refractivity contribution is 1.15. The molecule has 0 amide bonds. The molecule has 2 heteroatoms. The summed E-state index contributed by atoms with van der Waals surface area (Å²) >= 11 is 0. The van der Waals surface area contributed by atoms with E-state index < -0.39 is 0 Å². The summed E-state index contributed by atoms with van der Waals surface area (Å²) in [5.41, 5.74) is 9.36. The largest absolute Gasteiger partial charge is 0.397 e. The number of hydrogen-bond donors (Lipinski definition) is 1. The van der Waals surface area contributed by atoms with Gasteiger partial charge in [0.25, 0.3) is 0 Å². The van der Waals surface area contributed by atoms with Crippen molar-refractivity contribution < 1.29 is 0 Å². The summed E-state index contributed by atoms with van der Waals surface area (Å²) in [5.74, 6) is 0. The number of nitrogens with zero attached hydrogens (tertiary/aromatic N) is 1. The molecule has 82 valence electrons. The first-order valence-electron chi connectivity index (χ1n) is 5.18. The quantitative estimate of drug-likeness (QED) is 0.749. The Labute approximate surface area is 92.5 Å². The molecule has 0 fully saturated rings. The molecular formula is C13H20N2. The predicted molar refractivity (Wildman–Crippen MR) is 68.7 cm³/mol. The summed E-state index contributed by atoms with van der Waals surface area (Å²) < 4.78 is 0. The summed E-state index contributed by atoms with van der Waals surface area (Å²) in [4.78, 5) is 4.35. The van der Waals surface area contributed by atoms with Gasteiger partial charge >= 0.3 is 0 Å². The lowest BCUT2D eigenvalue weighted by Gasteiger charge is -2.04. The van der Waals surface area contributed by atoms with Gasteiger partial charge in [0.2, 0.25) is 0 Å². The van der Waals surface area contributed by atoms with Gasteiger partial charge in [-0.3, -0.25) is 4.98 Å². The van der Waals surface area contributed by atoms with Crippen LogP contribution in [0, 0.1) is 13.8 Å². The maximum Gasteiger partial charge on any atom is 0.0663 e. The van der Waals surface area contributed by atoms with E-state index in [0.717, 1.165) is 22.6 Å². The van der Waals surface area contributed by atoms with Gasteiger partial charge in [-0.25, -0.2) is 0 Å². The molecule has 1 heterocycles. The van der Waals surface area contributed by atoms with E-state index in [-0.39, 0.29) is 0 Å². The highest BCUT2D eigenvalue weighted by Crippen LogP contribution is 2.14. The topological polar surface area (TPSA) is 38.9 Å². The third-order valence-electron chi connectivity index (χ3n) is 1.87. The smallest absolute Gasteiger partial charge is 0.0663 e. The molecule has 0 bridgehead atoms. The molecule has 1 aromatic heterocycles. The Bertz CT molecular complexity index is 352. The molecule has 0 saturated heterocycles. The molecule has 0 atom stereocenters. The number of rotatable bonds is 2. The molecule has 15 heavy (non-hydrogen) atoms. The highest BCUT2D eigenvalue weighted by atomic mass is 14.7. The normalized spacial score (nSPS) is 9.60. The molecule has 0 radical (unpaired) electrons. The van der Waals surface area contributed by atoms with Crippen molar-refractivity contribution in [1.29, 1.82) is 0 Å². The van der Waals surface area contributed by atoms with Gasteiger partial charge in [-0.2, -0.15) is 0 Å². The fraction of sp³-hybridized carbons (Fsp3) is 0.308. The van der Waals surface area contributed by atoms with E-state index in [1.807, 2.05) is 45.9 Å². The predicted octanol–water partition coefficient (Wildman–Crippen LogP) is 3.51. The third-order valence-corrected chi connectivity index (χ3v) is 1.87. The first-order valence-corrected chi connectivity index (χ1v) is 5.18. The maximum atomic E-state index is 5.71. The van der Waals surface area contributed by atoms with Crippen LogP contribution < -0.4 is 5.73 Å². The maximum absolute atomic E-state index is 5.71. The molecule has 0 unspecified atom stereocenters. The van der Waals surface area contributed by atoms with Crippen LogP contribution in [0.15, 0.2) is 24.8 Å². The Morgan fingerprint density at radius 1 is 1.33 bits per heavy atom. The van der Waals surface area contributed by atoms with E-state index in [1.165, 1.54) is 0 Å². The van der Waals surface area contributed by atoms with Gasteiger partial charge in [0.05, 0.1) is 17.1 Å². The minimum absolute atomic E-state index is 0.744. The second-order valence-electron chi connectivity index (χ2n) is 2.96. The molecule has 2 nitrogen and oxygen atoms in total. The Hall–Kier alpha value is -1.57. The van der Waals surface area contributed by atoms with Crippen LogP contribution in [0.2, 0.25) is 0 Å². The zero-order valence-electron chi connectivity index (χ0n) is 10.0. The molecule has 0 aliphatic rings. The average Bonchev–Trinajstić information content (AvgIpc) is 2.24. The van der Waals surface area contributed by atoms with Crippen LogP contribution in [0.5, 0.6) is 0 Å². The number of anilines is 1. The number of nitrogens with two attached hydrogens (primary N) is 1. The van der Waals surface area contributed by atoms with E-state index in [4.69, 9.17) is 5.73 Å². The molecule has 0 aromatic carbocycles. The molecule has 2 N–H and O–H groups in total. The van der Waals surface area contributed by atoms with Crippen LogP contribution in [-0.2, 0) is 0 Å². The summed E-state index contributed by atoms with van der Waals surface area (Å²) in [6, 6.07) is 1.94. The van der Waals surface area contributed by atoms with Crippen LogP contribution in [0.1, 0.15) is 30.8 Å². The highest BCUT2D eigenvalue weighted by Gasteiger charge is 1.99. The molecular weight excluding hydrogens is 184 g/mol. The molecule has 0 spiro atoms. The van der Waals surface area contributed by atoms with Crippen molar-refractivity contribution in [3.63, 3.8) is 0 Å². The van der Waals surface area contributed by atoms with Crippen molar-refractivity contribution in [3.05, 3.63) is 41.7 Å². The second-order valence-corrected chi connectivity index (χ2v) is 2.96. The zero-order valence-corrected chi connectivity index (χ0v) is 10.0. The van der Waals surface area contributed by atoms with Crippen molar-refractivity contribution in [1.82, 2.24) is 4.98 Å². The fourth-order valence-corrected chi connectivity index (χ4v) is 1.07. The average molecular weight is 204 g/mol. The molecule has 1 rings (SSSR count). The monoisotopic (exact) mass is 204 g/mol. The number of aromatic nitrogens is 1. The van der Waals surface area contributed by atoms with Crippen LogP contribution in [-0.4, -0.2) is 4.98 Å². The first-order chi connectivity index (χ1) is 7.15. The number of aryl methyl sites for hydroxylation is 2. The Morgan fingerprint density at radius 2 is 1.93 bits per heavy atom. The van der Waals surface area contributed by atoms with Gasteiger partial charge in [-0.1, -0.05) is 32.6 Å². The van der Waals surface area contributed by atoms with E-state index in [2.05, 4.69) is 11.6 Å². The van der Waals surface area contributed by atoms with E-state index in [9.17, 15) is 0 Å². The van der Waals surface area contributed by atoms with E-state index in [0.29, 0.717) is 0 Å². The van der Waals surface area contributed by atoms with E-state index >= 15 is 0 Å². The third kappa shape index (κ3) is 3.98. The summed E-state index contributed by atoms with van der Waals surface area (Å²) in [6.45, 7) is 11.5. The Morgan fingerprint density at radius 3 is 2.47 bits per heavy atom. The molecule has 0 saturated carbocycles. The van der Waals surface area contributed by atoms with Crippen molar-refractivity contribution in [3.8, 4) is 0 Å². The first kappa shape index (κ1) is 13.4. The number of nitrogen functional groups attached to an aromatic ring is 1. The standard InChI is InChI=1S/C11H14N2.C2H6/c1-4-5-6-11-8(2)7-10(12)9(3)13-11;1-2/h4-7H,1,12H2,2-3H3;1-2H3/b6-5-;. The van der Waals surface area contributed by atoms with Gasteiger partial charge in [0.1, 0.15) is 0 Å². The lowest BCUT2D eigenvalue weighted by atomic mass is 10.1. The van der Waals surface area contributed by atoms with Gasteiger partial charge in [0, 0.05) is 0 Å². The summed E-state index contributed by atoms with van der Waals surface area (Å²) in [5, 5.41) is 0. The minimum Gasteiger partial charge on any atom is -0.397 e. The Balaban J connectivity index is 0.000000921. The number of pyridine rings is 1. The molecule has 0 aliphatic carbocycles. The molecule has 1 aromatic rings. The van der Waals surface area contributed by atoms with Crippen LogP contribution in [0.3, 0.4) is 0 Å². The Kier molecular flexibility index (Phi) is 6.11. The van der Waals surface area contributed by atoms with Gasteiger partial charge < -0.3 is 5.73 Å². The van der Waals surface area contributed by atoms with Crippen molar-refractivity contribution >= 4 is 11.8 Å². The van der Waals surface area contributed by atoms with Crippen molar-refractivity contribution in [2.24, 2.45) is 0 Å². The van der Waals surface area contributed by atoms with Crippen LogP contribution in [0.25, 0.3) is 6.08 Å². The second kappa shape index (κ2) is 6.82. The lowest BCUT2D eigenvalue weighted by Crippen LogP contribution is -1.97. The van der Waals surface area contributed by atoms with Crippen LogP contribution in [0.4, 0.5) is 5.69 Å². The number of hydrogen-bond acceptors (Lipinski definition) is 2. The minimum atomic E-state index is 0.744. The van der Waals surface area contributed by atoms with Crippen molar-refractivity contribution in [2.75, 3.05) is 5.73 Å². The van der Waals surface area contributed by atoms with Crippen LogP contribution >= 0.6 is 0 Å². The van der Waals surface area contributed by atoms with E-state index in [1.54, 1.807) is 6.08 Å². The van der Waals surface area contributed by atoms with Gasteiger partial charge in [-0.05, 0) is 31.6 Å². The SMILES string of the molecule is C=C/C=C\c1nc(C)c(N)cc1C.CC. The van der Waals surface area contributed by atoms with Crippen molar-refractivity contribution in [2.45, 2.75) is 27.7 Å². The highest BCUT2D eigenvalue weighted by molar-refractivity contribution is 5.56. The summed E-state index contributed by atoms with van der Waals surface area (Å²) in [6.07, 6.45) is 5.52. The zero-order chi connectivity index (χ0) is 11.8. The summed E-state index contributed by atoms with van der Waals surface area (Å²) in [7, 11) is 0. The van der Waals surface area contributed by atoms with Gasteiger partial charge in [0.15, 0.2) is 0 Å².